The molecule has 0 amide bonds. The van der Waals surface area contributed by atoms with Crippen molar-refractivity contribution in [2.45, 2.75) is 19.9 Å². The smallest absolute Gasteiger partial charge is 0.0580 e. The molecular weight excluding hydrogens is 314 g/mol. The maximum Gasteiger partial charge on any atom is 0.0580 e. The van der Waals surface area contributed by atoms with Crippen LogP contribution in [0.1, 0.15) is 18.1 Å². The van der Waals surface area contributed by atoms with Gasteiger partial charge >= 0.3 is 0 Å². The summed E-state index contributed by atoms with van der Waals surface area (Å²) in [5.41, 5.74) is 8.56. The van der Waals surface area contributed by atoms with E-state index in [1.807, 2.05) is 0 Å². The van der Waals surface area contributed by atoms with Crippen molar-refractivity contribution in [1.29, 1.82) is 0 Å². The van der Waals surface area contributed by atoms with Crippen molar-refractivity contribution in [3.8, 4) is 11.1 Å². The zero-order chi connectivity index (χ0) is 17.3. The van der Waals surface area contributed by atoms with Crippen molar-refractivity contribution >= 4 is 32.6 Å². The van der Waals surface area contributed by atoms with Crippen LogP contribution in [0.25, 0.3) is 43.7 Å². The van der Waals surface area contributed by atoms with Crippen LogP contribution in [0.5, 0.6) is 0 Å². The lowest BCUT2D eigenvalue weighted by molar-refractivity contribution is 0.828. The highest BCUT2D eigenvalue weighted by Gasteiger charge is 2.27. The second kappa shape index (κ2) is 4.98. The molecule has 0 saturated heterocycles. The van der Waals surface area contributed by atoms with Crippen molar-refractivity contribution in [1.82, 2.24) is 4.57 Å². The average molecular weight is 333 g/mol. The maximum absolute atomic E-state index is 2.51. The van der Waals surface area contributed by atoms with Gasteiger partial charge in [0.05, 0.1) is 5.52 Å². The number of hydrogen-bond donors (Lipinski definition) is 0. The molecule has 0 spiro atoms. The van der Waals surface area contributed by atoms with E-state index >= 15 is 0 Å². The molecule has 1 nitrogen and oxygen atoms in total. The maximum atomic E-state index is 2.51. The van der Waals surface area contributed by atoms with Crippen molar-refractivity contribution < 1.29 is 0 Å². The second-order valence-electron chi connectivity index (χ2n) is 7.22. The van der Waals surface area contributed by atoms with Crippen LogP contribution in [0.3, 0.4) is 0 Å². The minimum absolute atomic E-state index is 0.983. The zero-order valence-electron chi connectivity index (χ0n) is 14.8. The third-order valence-electron chi connectivity index (χ3n) is 6.00. The largest absolute Gasteiger partial charge is 0.340 e. The van der Waals surface area contributed by atoms with Crippen LogP contribution in [0, 0.1) is 0 Å². The van der Waals surface area contributed by atoms with Crippen LogP contribution in [0.2, 0.25) is 0 Å². The topological polar surface area (TPSA) is 4.93 Å². The van der Waals surface area contributed by atoms with Gasteiger partial charge in [-0.05, 0) is 46.9 Å². The zero-order valence-corrected chi connectivity index (χ0v) is 14.8. The summed E-state index contributed by atoms with van der Waals surface area (Å²) in [4.78, 5) is 0. The number of benzene rings is 4. The van der Waals surface area contributed by atoms with E-state index < -0.39 is 0 Å². The van der Waals surface area contributed by atoms with Gasteiger partial charge in [-0.1, -0.05) is 66.7 Å². The Morgan fingerprint density at radius 1 is 0.769 bits per heavy atom. The Morgan fingerprint density at radius 2 is 1.46 bits per heavy atom. The third kappa shape index (κ3) is 1.61. The Kier molecular flexibility index (Phi) is 2.71. The van der Waals surface area contributed by atoms with Crippen LogP contribution < -0.4 is 0 Å². The van der Waals surface area contributed by atoms with Gasteiger partial charge in [-0.2, -0.15) is 0 Å². The Morgan fingerprint density at radius 3 is 2.31 bits per heavy atom. The Hall–Kier alpha value is -3.06. The second-order valence-corrected chi connectivity index (χ2v) is 7.22. The Balaban J connectivity index is 1.98. The molecule has 1 aliphatic carbocycles. The van der Waals surface area contributed by atoms with Gasteiger partial charge in [-0.25, -0.2) is 0 Å². The molecule has 0 fully saturated rings. The minimum atomic E-state index is 0.983. The number of nitrogens with zero attached hydrogens (tertiary/aromatic N) is 1. The quantitative estimate of drug-likeness (QED) is 0.322. The van der Waals surface area contributed by atoms with Gasteiger partial charge in [0.25, 0.3) is 0 Å². The van der Waals surface area contributed by atoms with E-state index in [0.717, 1.165) is 13.0 Å². The summed E-state index contributed by atoms with van der Waals surface area (Å²) >= 11 is 0. The number of aromatic nitrogens is 1. The molecule has 0 unspecified atom stereocenters. The molecule has 4 aromatic carbocycles. The lowest BCUT2D eigenvalue weighted by atomic mass is 9.94. The van der Waals surface area contributed by atoms with Gasteiger partial charge in [0.2, 0.25) is 0 Å². The monoisotopic (exact) mass is 333 g/mol. The average Bonchev–Trinajstić information content (AvgIpc) is 3.24. The molecule has 0 aliphatic heterocycles. The highest BCUT2D eigenvalue weighted by Crippen LogP contribution is 2.48. The molecule has 5 aromatic rings. The highest BCUT2D eigenvalue weighted by atomic mass is 15.0. The van der Waals surface area contributed by atoms with Crippen LogP contribution >= 0.6 is 0 Å². The van der Waals surface area contributed by atoms with Crippen LogP contribution in [-0.4, -0.2) is 4.57 Å². The van der Waals surface area contributed by atoms with Gasteiger partial charge < -0.3 is 4.57 Å². The van der Waals surface area contributed by atoms with E-state index in [2.05, 4.69) is 84.3 Å². The Labute approximate surface area is 152 Å². The molecule has 6 rings (SSSR count). The summed E-state index contributed by atoms with van der Waals surface area (Å²) in [6.45, 7) is 3.24. The fraction of sp³-hybridized carbons (Fsp3) is 0.120. The van der Waals surface area contributed by atoms with Crippen LogP contribution in [0.4, 0.5) is 0 Å². The molecule has 0 N–H and O–H groups in total. The van der Waals surface area contributed by atoms with Gasteiger partial charge in [0, 0.05) is 28.4 Å². The Bertz CT molecular complexity index is 1340. The lowest BCUT2D eigenvalue weighted by Crippen LogP contribution is -1.96. The lowest BCUT2D eigenvalue weighted by Gasteiger charge is -2.12. The molecule has 1 heterocycles. The first-order chi connectivity index (χ1) is 12.9. The number of fused-ring (bicyclic) bond motifs is 10. The molecule has 0 radical (unpaired) electrons. The minimum Gasteiger partial charge on any atom is -0.340 e. The molecule has 0 saturated carbocycles. The van der Waals surface area contributed by atoms with E-state index in [4.69, 9.17) is 0 Å². The number of rotatable bonds is 1. The van der Waals surface area contributed by atoms with Gasteiger partial charge in [0.1, 0.15) is 0 Å². The van der Waals surface area contributed by atoms with Crippen molar-refractivity contribution in [3.05, 3.63) is 83.9 Å². The van der Waals surface area contributed by atoms with Crippen molar-refractivity contribution in [3.63, 3.8) is 0 Å². The van der Waals surface area contributed by atoms with Gasteiger partial charge in [-0.3, -0.25) is 0 Å². The van der Waals surface area contributed by atoms with E-state index in [1.165, 1.54) is 54.8 Å². The predicted octanol–water partition coefficient (Wildman–Crippen LogP) is 6.54. The molecule has 1 aromatic heterocycles. The molecular formula is C25H19N. The van der Waals surface area contributed by atoms with Crippen molar-refractivity contribution in [2.24, 2.45) is 0 Å². The van der Waals surface area contributed by atoms with Gasteiger partial charge in [-0.15, -0.1) is 0 Å². The van der Waals surface area contributed by atoms with E-state index in [1.54, 1.807) is 0 Å². The van der Waals surface area contributed by atoms with Crippen LogP contribution in [-0.2, 0) is 13.0 Å². The van der Waals surface area contributed by atoms with E-state index in [-0.39, 0.29) is 0 Å². The van der Waals surface area contributed by atoms with E-state index in [9.17, 15) is 0 Å². The van der Waals surface area contributed by atoms with Crippen LogP contribution in [0.15, 0.2) is 72.8 Å². The normalized spacial score (nSPS) is 12.8. The summed E-state index contributed by atoms with van der Waals surface area (Å²) in [6.07, 6.45) is 1.03. The molecule has 26 heavy (non-hydrogen) atoms. The van der Waals surface area contributed by atoms with E-state index in [0.29, 0.717) is 0 Å². The fourth-order valence-corrected chi connectivity index (χ4v) is 4.99. The summed E-state index contributed by atoms with van der Waals surface area (Å²) in [7, 11) is 0. The first-order valence-corrected chi connectivity index (χ1v) is 9.41. The predicted molar refractivity (Wildman–Crippen MR) is 111 cm³/mol. The van der Waals surface area contributed by atoms with Crippen molar-refractivity contribution in [2.75, 3.05) is 0 Å². The molecule has 1 heteroatoms. The first-order valence-electron chi connectivity index (χ1n) is 9.41. The summed E-state index contributed by atoms with van der Waals surface area (Å²) < 4.78 is 2.51. The molecule has 0 atom stereocenters. The summed E-state index contributed by atoms with van der Waals surface area (Å²) in [5, 5.41) is 5.57. The summed E-state index contributed by atoms with van der Waals surface area (Å²) in [5.74, 6) is 0. The molecule has 1 aliphatic rings. The number of hydrogen-bond acceptors (Lipinski definition) is 0. The standard InChI is InChI=1S/C25H19N/c1-2-26-22-14-8-7-13-20(22)24-19-12-6-5-11-18(19)21-15-16-9-3-4-10-17(16)23(21)25(24)26/h3-14H,2,15H2,1H3. The molecule has 0 bridgehead atoms. The number of aryl methyl sites for hydroxylation is 1. The third-order valence-corrected chi connectivity index (χ3v) is 6.00. The first kappa shape index (κ1) is 14.1. The highest BCUT2D eigenvalue weighted by molar-refractivity contribution is 6.26. The fourth-order valence-electron chi connectivity index (χ4n) is 4.99. The van der Waals surface area contributed by atoms with Gasteiger partial charge in [0.15, 0.2) is 0 Å². The number of para-hydroxylation sites is 1. The SMILES string of the molecule is CCn1c2ccccc2c2c3ccccc3c3c(c21)-c1ccccc1C3. The molecule has 124 valence electrons. The summed E-state index contributed by atoms with van der Waals surface area (Å²) in [6, 6.07) is 26.7.